The van der Waals surface area contributed by atoms with Crippen molar-refractivity contribution in [2.45, 2.75) is 6.61 Å². The molecular formula is C23H20BrClN2O3. The summed E-state index contributed by atoms with van der Waals surface area (Å²) in [5.74, 6) is -0.181. The fraction of sp³-hybridized carbons (Fsp3) is 0.130. The molecule has 7 heteroatoms. The normalized spacial score (nSPS) is 10.4. The first-order valence-electron chi connectivity index (χ1n) is 9.21. The predicted octanol–water partition coefficient (Wildman–Crippen LogP) is 5.39. The number of likely N-dealkylation sites (N-methyl/N-ethyl adjacent to an activating group) is 1. The van der Waals surface area contributed by atoms with Crippen molar-refractivity contribution in [2.75, 3.05) is 18.9 Å². The van der Waals surface area contributed by atoms with E-state index in [0.717, 1.165) is 10.0 Å². The molecule has 1 N–H and O–H groups in total. The molecule has 0 saturated heterocycles. The lowest BCUT2D eigenvalue weighted by Crippen LogP contribution is -2.35. The molecule has 3 aromatic rings. The molecule has 0 fully saturated rings. The Hall–Kier alpha value is -2.83. The van der Waals surface area contributed by atoms with Gasteiger partial charge in [-0.05, 0) is 46.3 Å². The van der Waals surface area contributed by atoms with Gasteiger partial charge >= 0.3 is 0 Å². The molecule has 0 atom stereocenters. The summed E-state index contributed by atoms with van der Waals surface area (Å²) >= 11 is 9.56. The largest absolute Gasteiger partial charge is 0.488 e. The lowest BCUT2D eigenvalue weighted by molar-refractivity contribution is -0.116. The van der Waals surface area contributed by atoms with Gasteiger partial charge in [0.25, 0.3) is 5.91 Å². The molecule has 0 aliphatic heterocycles. The van der Waals surface area contributed by atoms with Gasteiger partial charge in [0, 0.05) is 22.1 Å². The van der Waals surface area contributed by atoms with E-state index in [1.807, 2.05) is 36.4 Å². The van der Waals surface area contributed by atoms with Crippen LogP contribution in [0.2, 0.25) is 5.02 Å². The molecule has 0 spiro atoms. The number of ether oxygens (including phenoxy) is 1. The van der Waals surface area contributed by atoms with Crippen LogP contribution in [0.25, 0.3) is 0 Å². The Labute approximate surface area is 188 Å². The van der Waals surface area contributed by atoms with Gasteiger partial charge in [-0.1, -0.05) is 54.1 Å². The zero-order valence-corrected chi connectivity index (χ0v) is 18.6. The zero-order chi connectivity index (χ0) is 21.5. The number of nitrogens with one attached hydrogen (secondary N) is 1. The zero-order valence-electron chi connectivity index (χ0n) is 16.3. The highest BCUT2D eigenvalue weighted by molar-refractivity contribution is 9.10. The molecule has 0 aromatic heterocycles. The van der Waals surface area contributed by atoms with Crippen LogP contribution in [0.5, 0.6) is 5.75 Å². The van der Waals surface area contributed by atoms with Crippen LogP contribution in [0, 0.1) is 0 Å². The lowest BCUT2D eigenvalue weighted by atomic mass is 10.1. The maximum absolute atomic E-state index is 12.9. The summed E-state index contributed by atoms with van der Waals surface area (Å²) in [5.41, 5.74) is 1.84. The van der Waals surface area contributed by atoms with Crippen LogP contribution in [-0.4, -0.2) is 30.3 Å². The van der Waals surface area contributed by atoms with Crippen molar-refractivity contribution in [3.8, 4) is 5.75 Å². The fourth-order valence-electron chi connectivity index (χ4n) is 2.79. The monoisotopic (exact) mass is 486 g/mol. The summed E-state index contributed by atoms with van der Waals surface area (Å²) in [5, 5.41) is 3.39. The molecule has 5 nitrogen and oxygen atoms in total. The molecule has 0 heterocycles. The van der Waals surface area contributed by atoms with E-state index < -0.39 is 0 Å². The van der Waals surface area contributed by atoms with Crippen molar-refractivity contribution in [1.82, 2.24) is 4.90 Å². The maximum atomic E-state index is 12.9. The molecule has 0 radical (unpaired) electrons. The number of halogens is 2. The van der Waals surface area contributed by atoms with Crippen LogP contribution < -0.4 is 10.1 Å². The number of carbonyl (C=O) groups excluding carboxylic acids is 2. The van der Waals surface area contributed by atoms with E-state index >= 15 is 0 Å². The van der Waals surface area contributed by atoms with Gasteiger partial charge in [-0.25, -0.2) is 0 Å². The molecule has 0 aliphatic rings. The standard InChI is InChI=1S/C23H20BrClN2O3/c1-27(14-22(28)26-20-12-6-4-10-18(20)24)23(29)17-9-3-7-13-21(17)30-15-16-8-2-5-11-19(16)25/h2-13H,14-15H2,1H3,(H,26,28). The van der Waals surface area contributed by atoms with Crippen LogP contribution in [0.3, 0.4) is 0 Å². The highest BCUT2D eigenvalue weighted by Crippen LogP contribution is 2.24. The number of carbonyl (C=O) groups is 2. The first-order chi connectivity index (χ1) is 14.5. The molecular weight excluding hydrogens is 468 g/mol. The van der Waals surface area contributed by atoms with E-state index in [1.165, 1.54) is 4.90 Å². The van der Waals surface area contributed by atoms with Crippen LogP contribution in [-0.2, 0) is 11.4 Å². The summed E-state index contributed by atoms with van der Waals surface area (Å²) in [6, 6.07) is 21.6. The Morgan fingerprint density at radius 2 is 1.67 bits per heavy atom. The average Bonchev–Trinajstić information content (AvgIpc) is 2.74. The Kier molecular flexibility index (Phi) is 7.49. The lowest BCUT2D eigenvalue weighted by Gasteiger charge is -2.19. The summed E-state index contributed by atoms with van der Waals surface area (Å²) in [6.45, 7) is 0.134. The topological polar surface area (TPSA) is 58.6 Å². The van der Waals surface area contributed by atoms with Gasteiger partial charge in [-0.3, -0.25) is 9.59 Å². The number of anilines is 1. The van der Waals surface area contributed by atoms with Gasteiger partial charge in [0.05, 0.1) is 17.8 Å². The average molecular weight is 488 g/mol. The summed E-state index contributed by atoms with van der Waals surface area (Å²) in [6.07, 6.45) is 0. The van der Waals surface area contributed by atoms with E-state index in [9.17, 15) is 9.59 Å². The Morgan fingerprint density at radius 1 is 1.00 bits per heavy atom. The molecule has 30 heavy (non-hydrogen) atoms. The Balaban J connectivity index is 1.66. The third-order valence-electron chi connectivity index (χ3n) is 4.33. The number of amides is 2. The Morgan fingerprint density at radius 3 is 2.43 bits per heavy atom. The van der Waals surface area contributed by atoms with E-state index in [-0.39, 0.29) is 25.0 Å². The smallest absolute Gasteiger partial charge is 0.257 e. The van der Waals surface area contributed by atoms with E-state index in [4.69, 9.17) is 16.3 Å². The highest BCUT2D eigenvalue weighted by atomic mass is 79.9. The maximum Gasteiger partial charge on any atom is 0.257 e. The second kappa shape index (κ2) is 10.3. The van der Waals surface area contributed by atoms with Crippen molar-refractivity contribution in [2.24, 2.45) is 0 Å². The van der Waals surface area contributed by atoms with Crippen molar-refractivity contribution >= 4 is 45.0 Å². The van der Waals surface area contributed by atoms with Gasteiger partial charge < -0.3 is 15.0 Å². The van der Waals surface area contributed by atoms with Gasteiger partial charge in [0.1, 0.15) is 12.4 Å². The minimum atomic E-state index is -0.313. The van der Waals surface area contributed by atoms with E-state index in [0.29, 0.717) is 22.0 Å². The summed E-state index contributed by atoms with van der Waals surface area (Å²) < 4.78 is 6.62. The van der Waals surface area contributed by atoms with Gasteiger partial charge in [0.15, 0.2) is 0 Å². The van der Waals surface area contributed by atoms with Gasteiger partial charge in [-0.2, -0.15) is 0 Å². The van der Waals surface area contributed by atoms with Crippen LogP contribution in [0.4, 0.5) is 5.69 Å². The number of nitrogens with zero attached hydrogens (tertiary/aromatic N) is 1. The number of benzene rings is 3. The SMILES string of the molecule is CN(CC(=O)Nc1ccccc1Br)C(=O)c1ccccc1OCc1ccccc1Cl. The van der Waals surface area contributed by atoms with Gasteiger partial charge in [-0.15, -0.1) is 0 Å². The van der Waals surface area contributed by atoms with Crippen LogP contribution in [0.15, 0.2) is 77.3 Å². The predicted molar refractivity (Wildman–Crippen MR) is 122 cm³/mol. The van der Waals surface area contributed by atoms with Crippen LogP contribution >= 0.6 is 27.5 Å². The molecule has 0 saturated carbocycles. The van der Waals surface area contributed by atoms with Gasteiger partial charge in [0.2, 0.25) is 5.91 Å². The van der Waals surface area contributed by atoms with Crippen molar-refractivity contribution in [3.63, 3.8) is 0 Å². The first kappa shape index (κ1) is 21.9. The molecule has 0 aliphatic carbocycles. The fourth-order valence-corrected chi connectivity index (χ4v) is 3.36. The summed E-state index contributed by atoms with van der Waals surface area (Å²) in [7, 11) is 1.58. The van der Waals surface area contributed by atoms with Crippen molar-refractivity contribution in [1.29, 1.82) is 0 Å². The van der Waals surface area contributed by atoms with Crippen LogP contribution in [0.1, 0.15) is 15.9 Å². The molecule has 3 rings (SSSR count). The van der Waals surface area contributed by atoms with E-state index in [1.54, 1.807) is 43.4 Å². The first-order valence-corrected chi connectivity index (χ1v) is 10.4. The molecule has 0 unspecified atom stereocenters. The number of rotatable bonds is 7. The molecule has 2 amide bonds. The van der Waals surface area contributed by atoms with Crippen molar-refractivity contribution in [3.05, 3.63) is 93.4 Å². The number of hydrogen-bond donors (Lipinski definition) is 1. The third-order valence-corrected chi connectivity index (χ3v) is 5.39. The number of hydrogen-bond acceptors (Lipinski definition) is 3. The quantitative estimate of drug-likeness (QED) is 0.486. The third kappa shape index (κ3) is 5.62. The van der Waals surface area contributed by atoms with Crippen molar-refractivity contribution < 1.29 is 14.3 Å². The second-order valence-corrected chi connectivity index (χ2v) is 7.83. The number of para-hydroxylation sites is 2. The van der Waals surface area contributed by atoms with E-state index in [2.05, 4.69) is 21.2 Å². The molecule has 154 valence electrons. The minimum Gasteiger partial charge on any atom is -0.488 e. The minimum absolute atomic E-state index is 0.0982. The Bertz CT molecular complexity index is 1060. The second-order valence-electron chi connectivity index (χ2n) is 6.57. The molecule has 0 bridgehead atoms. The molecule has 3 aromatic carbocycles. The highest BCUT2D eigenvalue weighted by Gasteiger charge is 2.19. The summed E-state index contributed by atoms with van der Waals surface area (Å²) in [4.78, 5) is 26.7.